The lowest BCUT2D eigenvalue weighted by Crippen LogP contribution is -2.41. The van der Waals surface area contributed by atoms with Crippen LogP contribution >= 0.6 is 0 Å². The molecule has 0 aromatic carbocycles. The van der Waals surface area contributed by atoms with E-state index in [-0.39, 0.29) is 0 Å². The lowest BCUT2D eigenvalue weighted by Gasteiger charge is -2.18. The van der Waals surface area contributed by atoms with Gasteiger partial charge in [0, 0.05) is 0 Å². The molecule has 0 rings (SSSR count). The molecule has 0 heterocycles. The summed E-state index contributed by atoms with van der Waals surface area (Å²) in [4.78, 5) is 0. The Kier molecular flexibility index (Phi) is 2.26. The van der Waals surface area contributed by atoms with Gasteiger partial charge in [-0.1, -0.05) is 0 Å². The lowest BCUT2D eigenvalue weighted by atomic mass is 10.7. The molecule has 0 aliphatic rings. The zero-order valence-corrected chi connectivity index (χ0v) is 5.60. The van der Waals surface area contributed by atoms with Gasteiger partial charge < -0.3 is 0 Å². The van der Waals surface area contributed by atoms with E-state index in [0.29, 0.717) is 0 Å². The molecule has 0 bridgehead atoms. The van der Waals surface area contributed by atoms with E-state index >= 15 is 0 Å². The topological polar surface area (TPSA) is 14.1 Å². The minimum Gasteiger partial charge on any atom is -0.232 e. The van der Waals surface area contributed by atoms with Crippen molar-refractivity contribution in [2.75, 3.05) is 27.7 Å². The first-order valence-electron chi connectivity index (χ1n) is 2.56. The molecule has 43 valence electrons. The highest BCUT2D eigenvalue weighted by Gasteiger charge is 2.03. The molecule has 2 heteroatoms. The summed E-state index contributed by atoms with van der Waals surface area (Å²) in [6.45, 7) is 2.95. The predicted octanol–water partition coefficient (Wildman–Crippen LogP) is 0.232. The van der Waals surface area contributed by atoms with Crippen molar-refractivity contribution in [3.05, 3.63) is 0 Å². The van der Waals surface area contributed by atoms with Crippen molar-refractivity contribution in [1.29, 1.82) is 0 Å². The smallest absolute Gasteiger partial charge is 0.0869 e. The average molecular weight is 102 g/mol. The number of quaternary nitrogens is 1. The van der Waals surface area contributed by atoms with Crippen molar-refractivity contribution in [3.8, 4) is 0 Å². The van der Waals surface area contributed by atoms with Gasteiger partial charge in [0.1, 0.15) is 0 Å². The third-order valence-electron chi connectivity index (χ3n) is 0.566. The maximum absolute atomic E-state index is 4.19. The minimum absolute atomic E-state index is 0.719. The van der Waals surface area contributed by atoms with Crippen molar-refractivity contribution in [2.24, 2.45) is 0 Å². The van der Waals surface area contributed by atoms with Gasteiger partial charge in [-0.15, -0.1) is 0 Å². The quantitative estimate of drug-likeness (QED) is 0.350. The van der Waals surface area contributed by atoms with Gasteiger partial charge in [-0.05, 0) is 12.3 Å². The number of nitrogens with zero attached hydrogens (tertiary/aromatic N) is 2. The fourth-order valence-corrected chi connectivity index (χ4v) is 0.424. The van der Waals surface area contributed by atoms with Gasteiger partial charge in [-0.25, -0.2) is 4.59 Å². The highest BCUT2D eigenvalue weighted by atomic mass is 15.6. The van der Waals surface area contributed by atoms with E-state index in [4.69, 9.17) is 0 Å². The Labute approximate surface area is 45.7 Å². The Bertz CT molecular complexity index is 44.5. The van der Waals surface area contributed by atoms with Crippen molar-refractivity contribution in [2.45, 2.75) is 6.92 Å². The molecule has 0 N–H and O–H groups in total. The zero-order valence-electron chi connectivity index (χ0n) is 5.60. The monoisotopic (exact) mass is 102 g/mol. The molecule has 0 atom stereocenters. The second-order valence-electron chi connectivity index (χ2n) is 2.40. The Morgan fingerprint density at radius 2 is 1.71 bits per heavy atom. The van der Waals surface area contributed by atoms with E-state index < -0.39 is 0 Å². The summed E-state index contributed by atoms with van der Waals surface area (Å²) < 4.78 is 0.719. The first kappa shape index (κ1) is 6.92. The Hall–Kier alpha value is -0.0800. The maximum Gasteiger partial charge on any atom is 0.0869 e. The van der Waals surface area contributed by atoms with Gasteiger partial charge in [0.15, 0.2) is 0 Å². The fourth-order valence-electron chi connectivity index (χ4n) is 0.424. The Morgan fingerprint density at radius 3 is 1.71 bits per heavy atom. The minimum atomic E-state index is 0.719. The second kappa shape index (κ2) is 2.28. The van der Waals surface area contributed by atoms with Crippen molar-refractivity contribution in [3.63, 3.8) is 0 Å². The molecule has 0 aromatic rings. The summed E-state index contributed by atoms with van der Waals surface area (Å²) in [6.07, 6.45) is 0. The molecular weight excluding hydrogens is 88.1 g/mol. The van der Waals surface area contributed by atoms with E-state index in [9.17, 15) is 0 Å². The standard InChI is InChI=1S/C5H14N2/c1-5-6-7(2,3)4/h5H2,1-4H3/q+1. The van der Waals surface area contributed by atoms with Gasteiger partial charge in [0.25, 0.3) is 0 Å². The van der Waals surface area contributed by atoms with E-state index in [1.807, 2.05) is 28.1 Å². The molecule has 0 amide bonds. The molecule has 0 fully saturated rings. The van der Waals surface area contributed by atoms with E-state index in [1.165, 1.54) is 0 Å². The molecule has 2 nitrogen and oxygen atoms in total. The van der Waals surface area contributed by atoms with Crippen LogP contribution in [0.5, 0.6) is 0 Å². The zero-order chi connectivity index (χ0) is 5.91. The predicted molar refractivity (Wildman–Crippen MR) is 30.7 cm³/mol. The van der Waals surface area contributed by atoms with Crippen LogP contribution in [0.2, 0.25) is 0 Å². The van der Waals surface area contributed by atoms with Crippen LogP contribution in [-0.4, -0.2) is 32.3 Å². The van der Waals surface area contributed by atoms with E-state index in [1.54, 1.807) is 0 Å². The maximum atomic E-state index is 4.19. The van der Waals surface area contributed by atoms with Crippen molar-refractivity contribution in [1.82, 2.24) is 5.43 Å². The van der Waals surface area contributed by atoms with Crippen LogP contribution < -0.4 is 5.43 Å². The fraction of sp³-hybridized carbons (Fsp3) is 1.00. The van der Waals surface area contributed by atoms with Crippen molar-refractivity contribution < 1.29 is 4.59 Å². The van der Waals surface area contributed by atoms with Crippen LogP contribution in [0, 0.1) is 0 Å². The van der Waals surface area contributed by atoms with Crippen LogP contribution in [0.3, 0.4) is 0 Å². The van der Waals surface area contributed by atoms with Crippen LogP contribution in [0.1, 0.15) is 6.92 Å². The molecular formula is C5H14N2+. The van der Waals surface area contributed by atoms with Gasteiger partial charge >= 0.3 is 0 Å². The molecule has 0 aromatic heterocycles. The van der Waals surface area contributed by atoms with Crippen molar-refractivity contribution >= 4 is 0 Å². The molecule has 0 saturated carbocycles. The summed E-state index contributed by atoms with van der Waals surface area (Å²) >= 11 is 0. The van der Waals surface area contributed by atoms with Gasteiger partial charge in [0.05, 0.1) is 27.7 Å². The third-order valence-corrected chi connectivity index (χ3v) is 0.566. The first-order chi connectivity index (χ1) is 3.06. The molecule has 0 spiro atoms. The molecule has 7 heavy (non-hydrogen) atoms. The first-order valence-corrected chi connectivity index (χ1v) is 2.56. The molecule has 0 aliphatic carbocycles. The van der Waals surface area contributed by atoms with Gasteiger partial charge in [-0.2, -0.15) is 0 Å². The average Bonchev–Trinajstić information content (AvgIpc) is 1.30. The van der Waals surface area contributed by atoms with Crippen LogP contribution in [0.4, 0.5) is 0 Å². The summed E-state index contributed by atoms with van der Waals surface area (Å²) in [5.41, 5.74) is 4.19. The largest absolute Gasteiger partial charge is 0.232 e. The van der Waals surface area contributed by atoms with Crippen LogP contribution in [0.25, 0.3) is 0 Å². The number of hydrogen-bond acceptors (Lipinski definition) is 0. The highest BCUT2D eigenvalue weighted by Crippen LogP contribution is 1.80. The normalized spacial score (nSPS) is 12.0. The Balaban J connectivity index is 3.15. The van der Waals surface area contributed by atoms with E-state index in [2.05, 4.69) is 5.43 Å². The summed E-state index contributed by atoms with van der Waals surface area (Å²) in [6, 6.07) is 0. The Morgan fingerprint density at radius 1 is 1.29 bits per heavy atom. The molecule has 1 radical (unpaired) electrons. The second-order valence-corrected chi connectivity index (χ2v) is 2.40. The summed E-state index contributed by atoms with van der Waals surface area (Å²) in [5, 5.41) is 0. The SMILES string of the molecule is CC[N][N+](C)(C)C. The van der Waals surface area contributed by atoms with Gasteiger partial charge in [0.2, 0.25) is 0 Å². The summed E-state index contributed by atoms with van der Waals surface area (Å²) in [7, 11) is 6.14. The van der Waals surface area contributed by atoms with Gasteiger partial charge in [-0.3, -0.25) is 0 Å². The number of hydrogen-bond donors (Lipinski definition) is 0. The molecule has 0 saturated heterocycles. The molecule has 0 unspecified atom stereocenters. The number of rotatable bonds is 2. The molecule has 0 aliphatic heterocycles. The van der Waals surface area contributed by atoms with Crippen LogP contribution in [-0.2, 0) is 0 Å². The van der Waals surface area contributed by atoms with E-state index in [0.717, 1.165) is 11.1 Å². The summed E-state index contributed by atoms with van der Waals surface area (Å²) in [5.74, 6) is 0. The van der Waals surface area contributed by atoms with Crippen LogP contribution in [0.15, 0.2) is 0 Å². The third kappa shape index (κ3) is 5.92. The lowest BCUT2D eigenvalue weighted by molar-refractivity contribution is -0.918. The highest BCUT2D eigenvalue weighted by molar-refractivity contribution is 4.11.